The van der Waals surface area contributed by atoms with Crippen molar-refractivity contribution in [2.75, 3.05) is 11.4 Å². The normalized spacial score (nSPS) is 14.8. The Labute approximate surface area is 145 Å². The van der Waals surface area contributed by atoms with E-state index in [4.69, 9.17) is 0 Å². The van der Waals surface area contributed by atoms with Crippen LogP contribution in [0.2, 0.25) is 0 Å². The van der Waals surface area contributed by atoms with Crippen LogP contribution in [0.5, 0.6) is 0 Å². The van der Waals surface area contributed by atoms with Crippen molar-refractivity contribution in [1.82, 2.24) is 29.1 Å². The quantitative estimate of drug-likeness (QED) is 0.717. The van der Waals surface area contributed by atoms with Crippen molar-refractivity contribution in [3.05, 3.63) is 35.3 Å². The lowest BCUT2D eigenvalue weighted by Gasteiger charge is -2.10. The fourth-order valence-electron chi connectivity index (χ4n) is 3.28. The van der Waals surface area contributed by atoms with Gasteiger partial charge >= 0.3 is 0 Å². The van der Waals surface area contributed by atoms with Crippen LogP contribution in [-0.4, -0.2) is 41.6 Å². The van der Waals surface area contributed by atoms with Gasteiger partial charge in [0.2, 0.25) is 5.91 Å². The Morgan fingerprint density at radius 1 is 1.16 bits per heavy atom. The maximum Gasteiger partial charge on any atom is 0.252 e. The Morgan fingerprint density at radius 2 is 2.00 bits per heavy atom. The first-order valence-corrected chi connectivity index (χ1v) is 8.54. The Kier molecular flexibility index (Phi) is 3.74. The minimum Gasteiger partial charge on any atom is -0.336 e. The van der Waals surface area contributed by atoms with Crippen molar-refractivity contribution < 1.29 is 4.79 Å². The van der Waals surface area contributed by atoms with Crippen LogP contribution in [0.25, 0.3) is 5.78 Å². The van der Waals surface area contributed by atoms with Crippen LogP contribution in [0, 0.1) is 13.8 Å². The molecule has 4 rings (SSSR count). The van der Waals surface area contributed by atoms with E-state index in [9.17, 15) is 4.79 Å². The van der Waals surface area contributed by atoms with E-state index >= 15 is 0 Å². The van der Waals surface area contributed by atoms with E-state index in [0.29, 0.717) is 25.0 Å². The van der Waals surface area contributed by atoms with E-state index in [1.165, 1.54) is 0 Å². The molecule has 8 nitrogen and oxygen atoms in total. The molecule has 4 heterocycles. The second-order valence-electron chi connectivity index (χ2n) is 6.55. The molecule has 8 heteroatoms. The summed E-state index contributed by atoms with van der Waals surface area (Å²) >= 11 is 0. The van der Waals surface area contributed by atoms with Crippen LogP contribution in [0.1, 0.15) is 35.9 Å². The molecule has 25 heavy (non-hydrogen) atoms. The van der Waals surface area contributed by atoms with Crippen LogP contribution in [0.4, 0.5) is 5.82 Å². The molecule has 0 N–H and O–H groups in total. The standard InChI is InChI=1S/C17H21N7O/c1-11-9-12(2)24-17(18-11)19-13(21-24)6-7-14-20-15(10-22(14)3)23-8-4-5-16(23)25/h9-10H,4-8H2,1-3H3. The number of anilines is 1. The third kappa shape index (κ3) is 2.88. The van der Waals surface area contributed by atoms with Gasteiger partial charge in [-0.1, -0.05) is 0 Å². The van der Waals surface area contributed by atoms with Gasteiger partial charge in [-0.2, -0.15) is 4.98 Å². The molecule has 1 amide bonds. The minimum absolute atomic E-state index is 0.156. The number of nitrogens with zero attached hydrogens (tertiary/aromatic N) is 7. The van der Waals surface area contributed by atoms with Gasteiger partial charge in [-0.15, -0.1) is 5.10 Å². The molecule has 0 aromatic carbocycles. The summed E-state index contributed by atoms with van der Waals surface area (Å²) in [5.74, 6) is 3.22. The van der Waals surface area contributed by atoms with E-state index < -0.39 is 0 Å². The highest BCUT2D eigenvalue weighted by atomic mass is 16.2. The van der Waals surface area contributed by atoms with E-state index in [-0.39, 0.29) is 5.91 Å². The molecular weight excluding hydrogens is 318 g/mol. The first-order chi connectivity index (χ1) is 12.0. The zero-order chi connectivity index (χ0) is 17.6. The number of hydrogen-bond acceptors (Lipinski definition) is 5. The first-order valence-electron chi connectivity index (χ1n) is 8.54. The molecule has 1 fully saturated rings. The fourth-order valence-corrected chi connectivity index (χ4v) is 3.28. The predicted octanol–water partition coefficient (Wildman–Crippen LogP) is 1.39. The van der Waals surface area contributed by atoms with Gasteiger partial charge in [0.05, 0.1) is 0 Å². The summed E-state index contributed by atoms with van der Waals surface area (Å²) in [5.41, 5.74) is 1.96. The Morgan fingerprint density at radius 3 is 2.76 bits per heavy atom. The van der Waals surface area contributed by atoms with Crippen LogP contribution in [0.3, 0.4) is 0 Å². The number of carbonyl (C=O) groups is 1. The van der Waals surface area contributed by atoms with Crippen molar-refractivity contribution in [2.24, 2.45) is 7.05 Å². The van der Waals surface area contributed by atoms with Gasteiger partial charge in [0.15, 0.2) is 11.6 Å². The van der Waals surface area contributed by atoms with E-state index in [0.717, 1.165) is 41.8 Å². The highest BCUT2D eigenvalue weighted by Crippen LogP contribution is 2.20. The summed E-state index contributed by atoms with van der Waals surface area (Å²) in [4.78, 5) is 27.2. The molecule has 0 unspecified atom stereocenters. The van der Waals surface area contributed by atoms with Gasteiger partial charge in [0.1, 0.15) is 5.82 Å². The summed E-state index contributed by atoms with van der Waals surface area (Å²) < 4.78 is 3.75. The van der Waals surface area contributed by atoms with E-state index in [1.54, 1.807) is 9.42 Å². The number of amides is 1. The summed E-state index contributed by atoms with van der Waals surface area (Å²) in [7, 11) is 1.96. The minimum atomic E-state index is 0.156. The smallest absolute Gasteiger partial charge is 0.252 e. The SMILES string of the molecule is Cc1cc(C)n2nc(CCc3nc(N4CCCC4=O)cn3C)nc2n1. The highest BCUT2D eigenvalue weighted by Gasteiger charge is 2.24. The molecule has 0 spiro atoms. The summed E-state index contributed by atoms with van der Waals surface area (Å²) in [5, 5.41) is 4.54. The third-order valence-electron chi connectivity index (χ3n) is 4.54. The number of hydrogen-bond donors (Lipinski definition) is 0. The highest BCUT2D eigenvalue weighted by molar-refractivity contribution is 5.94. The van der Waals surface area contributed by atoms with Crippen molar-refractivity contribution in [3.8, 4) is 0 Å². The number of rotatable bonds is 4. The molecule has 0 radical (unpaired) electrons. The predicted molar refractivity (Wildman–Crippen MR) is 92.5 cm³/mol. The lowest BCUT2D eigenvalue weighted by atomic mass is 10.3. The molecule has 0 saturated carbocycles. The number of fused-ring (bicyclic) bond motifs is 1. The number of aromatic nitrogens is 6. The third-order valence-corrected chi connectivity index (χ3v) is 4.54. The maximum absolute atomic E-state index is 11.9. The molecule has 0 aliphatic carbocycles. The zero-order valence-electron chi connectivity index (χ0n) is 14.7. The van der Waals surface area contributed by atoms with Gasteiger partial charge in [0, 0.05) is 50.4 Å². The average Bonchev–Trinajstić information content (AvgIpc) is 3.24. The largest absolute Gasteiger partial charge is 0.336 e. The molecule has 1 aliphatic heterocycles. The van der Waals surface area contributed by atoms with Crippen molar-refractivity contribution in [2.45, 2.75) is 39.5 Å². The average molecular weight is 339 g/mol. The van der Waals surface area contributed by atoms with E-state index in [1.807, 2.05) is 37.7 Å². The molecule has 0 bridgehead atoms. The van der Waals surface area contributed by atoms with Gasteiger partial charge in [-0.25, -0.2) is 14.5 Å². The Hall–Kier alpha value is -2.77. The summed E-state index contributed by atoms with van der Waals surface area (Å²) in [6.45, 7) is 4.71. The summed E-state index contributed by atoms with van der Waals surface area (Å²) in [6.07, 6.45) is 4.84. The number of imidazole rings is 1. The Balaban J connectivity index is 1.52. The van der Waals surface area contributed by atoms with Crippen molar-refractivity contribution >= 4 is 17.5 Å². The topological polar surface area (TPSA) is 81.2 Å². The molecular formula is C17H21N7O. The second-order valence-corrected chi connectivity index (χ2v) is 6.55. The zero-order valence-corrected chi connectivity index (χ0v) is 14.7. The van der Waals surface area contributed by atoms with Gasteiger partial charge in [-0.05, 0) is 26.3 Å². The maximum atomic E-state index is 11.9. The van der Waals surface area contributed by atoms with Crippen molar-refractivity contribution in [1.29, 1.82) is 0 Å². The van der Waals surface area contributed by atoms with E-state index in [2.05, 4.69) is 20.1 Å². The number of carbonyl (C=O) groups excluding carboxylic acids is 1. The molecule has 0 atom stereocenters. The fraction of sp³-hybridized carbons (Fsp3) is 0.471. The molecule has 3 aromatic heterocycles. The van der Waals surface area contributed by atoms with Gasteiger partial charge in [-0.3, -0.25) is 9.69 Å². The molecule has 1 aliphatic rings. The number of aryl methyl sites for hydroxylation is 5. The van der Waals surface area contributed by atoms with Crippen LogP contribution < -0.4 is 4.90 Å². The lowest BCUT2D eigenvalue weighted by Crippen LogP contribution is -2.23. The van der Waals surface area contributed by atoms with Crippen molar-refractivity contribution in [3.63, 3.8) is 0 Å². The van der Waals surface area contributed by atoms with Crippen LogP contribution >= 0.6 is 0 Å². The monoisotopic (exact) mass is 339 g/mol. The second kappa shape index (κ2) is 5.94. The molecule has 1 saturated heterocycles. The molecule has 130 valence electrons. The van der Waals surface area contributed by atoms with Crippen LogP contribution in [-0.2, 0) is 24.7 Å². The van der Waals surface area contributed by atoms with Gasteiger partial charge < -0.3 is 4.57 Å². The summed E-state index contributed by atoms with van der Waals surface area (Å²) in [6, 6.07) is 1.99. The van der Waals surface area contributed by atoms with Crippen LogP contribution in [0.15, 0.2) is 12.3 Å². The molecule has 3 aromatic rings. The first kappa shape index (κ1) is 15.7. The van der Waals surface area contributed by atoms with Gasteiger partial charge in [0.25, 0.3) is 5.78 Å². The lowest BCUT2D eigenvalue weighted by molar-refractivity contribution is -0.117. The Bertz CT molecular complexity index is 955.